The molecule has 2 heterocycles. The van der Waals surface area contributed by atoms with Crippen LogP contribution in [0.5, 0.6) is 0 Å². The van der Waals surface area contributed by atoms with E-state index in [1.54, 1.807) is 0 Å². The molecule has 3 aliphatic rings. The summed E-state index contributed by atoms with van der Waals surface area (Å²) in [5.41, 5.74) is -0.947. The normalized spacial score (nSPS) is 28.5. The second-order valence-corrected chi connectivity index (χ2v) is 7.95. The minimum Gasteiger partial charge on any atom is -0.481 e. The predicted molar refractivity (Wildman–Crippen MR) is 94.4 cm³/mol. The summed E-state index contributed by atoms with van der Waals surface area (Å²) in [6, 6.07) is 0. The highest BCUT2D eigenvalue weighted by atomic mass is 16.5. The number of carboxylic acids is 1. The van der Waals surface area contributed by atoms with Crippen LogP contribution in [0.15, 0.2) is 0 Å². The Balaban J connectivity index is 1.62. The van der Waals surface area contributed by atoms with Crippen LogP contribution in [0.2, 0.25) is 0 Å². The van der Waals surface area contributed by atoms with Gasteiger partial charge in [0.25, 0.3) is 0 Å². The summed E-state index contributed by atoms with van der Waals surface area (Å²) >= 11 is 0. The number of likely N-dealkylation sites (tertiary alicyclic amines) is 1. The fourth-order valence-electron chi connectivity index (χ4n) is 4.53. The number of carbonyl (C=O) groups is 3. The predicted octanol–water partition coefficient (Wildman–Crippen LogP) is 1.41. The van der Waals surface area contributed by atoms with Crippen molar-refractivity contribution in [2.45, 2.75) is 51.4 Å². The number of hydrogen-bond acceptors (Lipinski definition) is 4. The molecular formula is C19H30N2O5. The molecule has 1 aliphatic carbocycles. The van der Waals surface area contributed by atoms with Crippen molar-refractivity contribution in [2.24, 2.45) is 17.3 Å². The van der Waals surface area contributed by atoms with Gasteiger partial charge in [-0.2, -0.15) is 0 Å². The van der Waals surface area contributed by atoms with E-state index in [0.717, 1.165) is 45.2 Å². The van der Waals surface area contributed by atoms with Gasteiger partial charge in [-0.1, -0.05) is 12.8 Å². The molecule has 0 aromatic rings. The lowest BCUT2D eigenvalue weighted by atomic mass is 9.77. The van der Waals surface area contributed by atoms with Gasteiger partial charge in [-0.25, -0.2) is 0 Å². The highest BCUT2D eigenvalue weighted by Crippen LogP contribution is 2.34. The maximum absolute atomic E-state index is 12.8. The van der Waals surface area contributed by atoms with Crippen molar-refractivity contribution in [3.05, 3.63) is 0 Å². The van der Waals surface area contributed by atoms with Crippen molar-refractivity contribution in [1.82, 2.24) is 10.2 Å². The molecule has 2 atom stereocenters. The zero-order valence-electron chi connectivity index (χ0n) is 15.4. The van der Waals surface area contributed by atoms with E-state index in [1.165, 1.54) is 0 Å². The molecule has 7 heteroatoms. The molecule has 0 aromatic carbocycles. The maximum Gasteiger partial charge on any atom is 0.311 e. The summed E-state index contributed by atoms with van der Waals surface area (Å²) < 4.78 is 5.28. The molecule has 7 nitrogen and oxygen atoms in total. The summed E-state index contributed by atoms with van der Waals surface area (Å²) in [5, 5.41) is 12.5. The molecule has 3 fully saturated rings. The summed E-state index contributed by atoms with van der Waals surface area (Å²) in [4.78, 5) is 39.3. The van der Waals surface area contributed by atoms with E-state index in [2.05, 4.69) is 5.32 Å². The van der Waals surface area contributed by atoms with E-state index >= 15 is 0 Å². The number of nitrogens with one attached hydrogen (secondary N) is 1. The number of aliphatic carboxylic acids is 1. The van der Waals surface area contributed by atoms with Crippen LogP contribution in [0.4, 0.5) is 0 Å². The SMILES string of the molecule is O=C(NCC1(C(=O)O)CCOCC1)C1CCCCC1C(=O)N1CCCC1. The summed E-state index contributed by atoms with van der Waals surface area (Å²) in [6.07, 6.45) is 6.28. The smallest absolute Gasteiger partial charge is 0.311 e. The first kappa shape index (κ1) is 19.1. The first-order valence-corrected chi connectivity index (χ1v) is 9.91. The Bertz CT molecular complexity index is 538. The fourth-order valence-corrected chi connectivity index (χ4v) is 4.53. The van der Waals surface area contributed by atoms with E-state index < -0.39 is 11.4 Å². The monoisotopic (exact) mass is 366 g/mol. The van der Waals surface area contributed by atoms with Crippen LogP contribution < -0.4 is 5.32 Å². The molecule has 0 aromatic heterocycles. The van der Waals surface area contributed by atoms with E-state index in [1.807, 2.05) is 4.90 Å². The Morgan fingerprint density at radius 2 is 1.62 bits per heavy atom. The van der Waals surface area contributed by atoms with Gasteiger partial charge in [0.1, 0.15) is 0 Å². The van der Waals surface area contributed by atoms with Crippen LogP contribution in [0, 0.1) is 17.3 Å². The fraction of sp³-hybridized carbons (Fsp3) is 0.842. The van der Waals surface area contributed by atoms with Gasteiger partial charge in [0.15, 0.2) is 0 Å². The molecule has 26 heavy (non-hydrogen) atoms. The van der Waals surface area contributed by atoms with Crippen molar-refractivity contribution >= 4 is 17.8 Å². The van der Waals surface area contributed by atoms with E-state index in [0.29, 0.717) is 32.5 Å². The average Bonchev–Trinajstić information content (AvgIpc) is 3.21. The van der Waals surface area contributed by atoms with Crippen LogP contribution >= 0.6 is 0 Å². The highest BCUT2D eigenvalue weighted by Gasteiger charge is 2.43. The Kier molecular flexibility index (Phi) is 6.16. The molecule has 1 saturated carbocycles. The topological polar surface area (TPSA) is 95.9 Å². The Morgan fingerprint density at radius 3 is 2.23 bits per heavy atom. The van der Waals surface area contributed by atoms with Crippen LogP contribution in [-0.2, 0) is 19.1 Å². The highest BCUT2D eigenvalue weighted by molar-refractivity contribution is 5.88. The molecule has 0 radical (unpaired) electrons. The minimum absolute atomic E-state index is 0.112. The zero-order chi connectivity index (χ0) is 18.6. The van der Waals surface area contributed by atoms with Gasteiger partial charge >= 0.3 is 5.97 Å². The van der Waals surface area contributed by atoms with Crippen molar-refractivity contribution in [1.29, 1.82) is 0 Å². The van der Waals surface area contributed by atoms with Crippen LogP contribution in [0.25, 0.3) is 0 Å². The molecule has 2 aliphatic heterocycles. The number of rotatable bonds is 5. The van der Waals surface area contributed by atoms with E-state index in [4.69, 9.17) is 4.74 Å². The third-order valence-electron chi connectivity index (χ3n) is 6.34. The zero-order valence-corrected chi connectivity index (χ0v) is 15.4. The second-order valence-electron chi connectivity index (χ2n) is 7.95. The lowest BCUT2D eigenvalue weighted by molar-refractivity contribution is -0.155. The molecule has 2 N–H and O–H groups in total. The number of carbonyl (C=O) groups excluding carboxylic acids is 2. The summed E-state index contributed by atoms with van der Waals surface area (Å²) in [7, 11) is 0. The molecule has 0 spiro atoms. The van der Waals surface area contributed by atoms with Crippen LogP contribution in [-0.4, -0.2) is 60.6 Å². The number of amides is 2. The van der Waals surface area contributed by atoms with Gasteiger partial charge in [-0.15, -0.1) is 0 Å². The standard InChI is InChI=1S/C19H30N2O5/c22-16(20-13-19(18(24)25)7-11-26-12-8-19)14-5-1-2-6-15(14)17(23)21-9-3-4-10-21/h14-15H,1-13H2,(H,20,22)(H,24,25). The number of hydrogen-bond donors (Lipinski definition) is 2. The Morgan fingerprint density at radius 1 is 1.00 bits per heavy atom. The van der Waals surface area contributed by atoms with E-state index in [-0.39, 0.29) is 30.2 Å². The molecule has 2 amide bonds. The Hall–Kier alpha value is -1.63. The van der Waals surface area contributed by atoms with Gasteiger partial charge in [0.2, 0.25) is 11.8 Å². The third-order valence-corrected chi connectivity index (χ3v) is 6.34. The van der Waals surface area contributed by atoms with Gasteiger partial charge in [-0.05, 0) is 38.5 Å². The lowest BCUT2D eigenvalue weighted by Crippen LogP contribution is -2.50. The number of ether oxygens (including phenoxy) is 1. The van der Waals surface area contributed by atoms with Crippen molar-refractivity contribution < 1.29 is 24.2 Å². The number of nitrogens with zero attached hydrogens (tertiary/aromatic N) is 1. The second kappa shape index (κ2) is 8.37. The molecule has 0 bridgehead atoms. The molecule has 146 valence electrons. The molecule has 3 rings (SSSR count). The Labute approximate surface area is 154 Å². The van der Waals surface area contributed by atoms with Crippen molar-refractivity contribution in [3.63, 3.8) is 0 Å². The molecular weight excluding hydrogens is 336 g/mol. The summed E-state index contributed by atoms with van der Waals surface area (Å²) in [6.45, 7) is 2.52. The summed E-state index contributed by atoms with van der Waals surface area (Å²) in [5.74, 6) is -1.51. The maximum atomic E-state index is 12.8. The minimum atomic E-state index is -0.947. The quantitative estimate of drug-likeness (QED) is 0.767. The first-order valence-electron chi connectivity index (χ1n) is 9.91. The largest absolute Gasteiger partial charge is 0.481 e. The lowest BCUT2D eigenvalue weighted by Gasteiger charge is -2.35. The van der Waals surface area contributed by atoms with Crippen molar-refractivity contribution in [3.8, 4) is 0 Å². The van der Waals surface area contributed by atoms with Crippen LogP contribution in [0.1, 0.15) is 51.4 Å². The number of carboxylic acid groups (broad SMARTS) is 1. The van der Waals surface area contributed by atoms with Gasteiger partial charge in [0, 0.05) is 44.7 Å². The van der Waals surface area contributed by atoms with Gasteiger partial charge in [0.05, 0.1) is 5.41 Å². The van der Waals surface area contributed by atoms with Crippen molar-refractivity contribution in [2.75, 3.05) is 32.8 Å². The average molecular weight is 366 g/mol. The van der Waals surface area contributed by atoms with Gasteiger partial charge < -0.3 is 20.1 Å². The molecule has 2 unspecified atom stereocenters. The van der Waals surface area contributed by atoms with Crippen LogP contribution in [0.3, 0.4) is 0 Å². The van der Waals surface area contributed by atoms with E-state index in [9.17, 15) is 19.5 Å². The van der Waals surface area contributed by atoms with Gasteiger partial charge in [-0.3, -0.25) is 14.4 Å². The first-order chi connectivity index (χ1) is 12.5. The third kappa shape index (κ3) is 4.03. The molecule has 2 saturated heterocycles.